The molecule has 11 heavy (non-hydrogen) atoms. The lowest BCUT2D eigenvalue weighted by atomic mass is 9.61. The molecular formula is C9H15NO. The maximum Gasteiger partial charge on any atom is 0.136 e. The summed E-state index contributed by atoms with van der Waals surface area (Å²) in [6.07, 6.45) is 3.94. The molecule has 0 aromatic rings. The van der Waals surface area contributed by atoms with Crippen LogP contribution in [0.15, 0.2) is 0 Å². The van der Waals surface area contributed by atoms with Gasteiger partial charge in [0.1, 0.15) is 5.78 Å². The second kappa shape index (κ2) is 2.07. The Labute approximate surface area is 67.1 Å². The van der Waals surface area contributed by atoms with Gasteiger partial charge in [0, 0.05) is 17.9 Å². The fraction of sp³-hybridized carbons (Fsp3) is 0.889. The van der Waals surface area contributed by atoms with Crippen molar-refractivity contribution in [1.29, 1.82) is 0 Å². The Morgan fingerprint density at radius 1 is 1.55 bits per heavy atom. The zero-order valence-corrected chi connectivity index (χ0v) is 6.97. The Hall–Kier alpha value is -0.370. The molecular weight excluding hydrogens is 138 g/mol. The van der Waals surface area contributed by atoms with Gasteiger partial charge in [0.05, 0.1) is 0 Å². The fourth-order valence-corrected chi connectivity index (χ4v) is 2.55. The highest BCUT2D eigenvalue weighted by Gasteiger charge is 2.45. The van der Waals surface area contributed by atoms with Gasteiger partial charge in [-0.1, -0.05) is 0 Å². The van der Waals surface area contributed by atoms with Crippen LogP contribution in [-0.4, -0.2) is 11.3 Å². The zero-order chi connectivity index (χ0) is 8.06. The second-order valence-corrected chi connectivity index (χ2v) is 4.35. The smallest absolute Gasteiger partial charge is 0.136 e. The van der Waals surface area contributed by atoms with E-state index in [0.29, 0.717) is 17.6 Å². The zero-order valence-electron chi connectivity index (χ0n) is 6.97. The molecule has 0 spiro atoms. The number of hydrogen-bond donors (Lipinski definition) is 1. The molecule has 2 N–H and O–H groups in total. The number of rotatable bonds is 0. The van der Waals surface area contributed by atoms with Gasteiger partial charge in [-0.05, 0) is 32.1 Å². The lowest BCUT2D eigenvalue weighted by molar-refractivity contribution is -0.132. The average molecular weight is 153 g/mol. The highest BCUT2D eigenvalue weighted by Crippen LogP contribution is 2.43. The van der Waals surface area contributed by atoms with Crippen molar-refractivity contribution in [2.45, 2.75) is 38.1 Å². The summed E-state index contributed by atoms with van der Waals surface area (Å²) in [4.78, 5) is 11.3. The summed E-state index contributed by atoms with van der Waals surface area (Å²) < 4.78 is 0. The van der Waals surface area contributed by atoms with Crippen LogP contribution in [0, 0.1) is 11.8 Å². The van der Waals surface area contributed by atoms with E-state index in [1.165, 1.54) is 6.42 Å². The van der Waals surface area contributed by atoms with Gasteiger partial charge in [0.15, 0.2) is 0 Å². The van der Waals surface area contributed by atoms with Crippen LogP contribution >= 0.6 is 0 Å². The number of carbonyl (C=O) groups excluding carboxylic acids is 1. The van der Waals surface area contributed by atoms with Crippen molar-refractivity contribution in [3.05, 3.63) is 0 Å². The Kier molecular flexibility index (Phi) is 1.37. The second-order valence-electron chi connectivity index (χ2n) is 4.35. The van der Waals surface area contributed by atoms with Gasteiger partial charge in [0.25, 0.3) is 0 Å². The van der Waals surface area contributed by atoms with Gasteiger partial charge in [-0.15, -0.1) is 0 Å². The highest BCUT2D eigenvalue weighted by atomic mass is 16.1. The van der Waals surface area contributed by atoms with E-state index in [0.717, 1.165) is 19.3 Å². The van der Waals surface area contributed by atoms with Crippen molar-refractivity contribution in [3.63, 3.8) is 0 Å². The van der Waals surface area contributed by atoms with E-state index >= 15 is 0 Å². The topological polar surface area (TPSA) is 43.1 Å². The minimum atomic E-state index is -0.0448. The standard InChI is InChI=1S/C9H15NO/c1-9(10)5-6-2-3-7(9)4-8(6)11/h6-7H,2-5,10H2,1H3. The Morgan fingerprint density at radius 3 is 2.55 bits per heavy atom. The molecule has 3 unspecified atom stereocenters. The number of nitrogens with two attached hydrogens (primary N) is 1. The molecule has 2 bridgehead atoms. The summed E-state index contributed by atoms with van der Waals surface area (Å²) in [5, 5.41) is 0. The molecule has 0 aromatic carbocycles. The normalized spacial score (nSPS) is 49.8. The van der Waals surface area contributed by atoms with E-state index in [4.69, 9.17) is 5.73 Å². The van der Waals surface area contributed by atoms with Crippen molar-refractivity contribution < 1.29 is 4.79 Å². The van der Waals surface area contributed by atoms with E-state index in [2.05, 4.69) is 6.92 Å². The molecule has 0 saturated heterocycles. The first-order valence-electron chi connectivity index (χ1n) is 4.41. The van der Waals surface area contributed by atoms with Crippen molar-refractivity contribution in [2.24, 2.45) is 17.6 Å². The molecule has 3 fully saturated rings. The number of carbonyl (C=O) groups is 1. The van der Waals surface area contributed by atoms with Crippen LogP contribution in [0.5, 0.6) is 0 Å². The van der Waals surface area contributed by atoms with Crippen LogP contribution in [0.2, 0.25) is 0 Å². The van der Waals surface area contributed by atoms with Gasteiger partial charge in [-0.3, -0.25) is 4.79 Å². The maximum atomic E-state index is 11.3. The first-order valence-corrected chi connectivity index (χ1v) is 4.41. The number of Topliss-reactive ketones (excluding diaryl/α,β-unsaturated/α-hetero) is 1. The van der Waals surface area contributed by atoms with Crippen LogP contribution in [0.3, 0.4) is 0 Å². The molecule has 3 aliphatic rings. The molecule has 62 valence electrons. The Bertz CT molecular complexity index is 198. The summed E-state index contributed by atoms with van der Waals surface area (Å²) in [6.45, 7) is 2.09. The highest BCUT2D eigenvalue weighted by molar-refractivity contribution is 5.83. The van der Waals surface area contributed by atoms with Crippen molar-refractivity contribution in [2.75, 3.05) is 0 Å². The lowest BCUT2D eigenvalue weighted by Crippen LogP contribution is -2.54. The third kappa shape index (κ3) is 1.00. The van der Waals surface area contributed by atoms with Gasteiger partial charge in [-0.25, -0.2) is 0 Å². The number of hydrogen-bond acceptors (Lipinski definition) is 2. The molecule has 2 heteroatoms. The maximum absolute atomic E-state index is 11.3. The van der Waals surface area contributed by atoms with Crippen LogP contribution < -0.4 is 5.73 Å². The molecule has 0 amide bonds. The molecule has 0 aliphatic heterocycles. The SMILES string of the molecule is CC1(N)CC2CCC1CC2=O. The quantitative estimate of drug-likeness (QED) is 0.566. The fourth-order valence-electron chi connectivity index (χ4n) is 2.55. The van der Waals surface area contributed by atoms with Gasteiger partial charge < -0.3 is 5.73 Å². The van der Waals surface area contributed by atoms with Crippen LogP contribution in [-0.2, 0) is 4.79 Å². The van der Waals surface area contributed by atoms with Gasteiger partial charge in [-0.2, -0.15) is 0 Å². The largest absolute Gasteiger partial charge is 0.325 e. The van der Waals surface area contributed by atoms with Crippen LogP contribution in [0.25, 0.3) is 0 Å². The molecule has 0 aromatic heterocycles. The van der Waals surface area contributed by atoms with Gasteiger partial charge >= 0.3 is 0 Å². The number of ketones is 1. The molecule has 0 heterocycles. The third-order valence-electron chi connectivity index (χ3n) is 3.39. The van der Waals surface area contributed by atoms with Crippen LogP contribution in [0.1, 0.15) is 32.6 Å². The predicted molar refractivity (Wildman–Crippen MR) is 43.0 cm³/mol. The first-order chi connectivity index (χ1) is 5.09. The van der Waals surface area contributed by atoms with E-state index in [-0.39, 0.29) is 5.54 Å². The molecule has 3 rings (SSSR count). The summed E-state index contributed by atoms with van der Waals surface area (Å²) >= 11 is 0. The summed E-state index contributed by atoms with van der Waals surface area (Å²) in [6, 6.07) is 0. The van der Waals surface area contributed by atoms with Gasteiger partial charge in [0.2, 0.25) is 0 Å². The molecule has 2 nitrogen and oxygen atoms in total. The van der Waals surface area contributed by atoms with E-state index in [9.17, 15) is 4.79 Å². The van der Waals surface area contributed by atoms with Crippen molar-refractivity contribution in [1.82, 2.24) is 0 Å². The predicted octanol–water partition coefficient (Wildman–Crippen LogP) is 1.09. The molecule has 3 atom stereocenters. The van der Waals surface area contributed by atoms with Crippen molar-refractivity contribution >= 4 is 5.78 Å². The van der Waals surface area contributed by atoms with E-state index < -0.39 is 0 Å². The molecule has 3 saturated carbocycles. The van der Waals surface area contributed by atoms with E-state index in [1.807, 2.05) is 0 Å². The first kappa shape index (κ1) is 7.29. The average Bonchev–Trinajstić information content (AvgIpc) is 1.90. The monoisotopic (exact) mass is 153 g/mol. The third-order valence-corrected chi connectivity index (χ3v) is 3.39. The molecule has 0 radical (unpaired) electrons. The minimum absolute atomic E-state index is 0.0448. The minimum Gasteiger partial charge on any atom is -0.325 e. The van der Waals surface area contributed by atoms with Crippen LogP contribution in [0.4, 0.5) is 0 Å². The van der Waals surface area contributed by atoms with E-state index in [1.54, 1.807) is 0 Å². The number of fused-ring (bicyclic) bond motifs is 3. The Balaban J connectivity index is 2.23. The molecule has 3 aliphatic carbocycles. The Morgan fingerprint density at radius 2 is 2.27 bits per heavy atom. The summed E-state index contributed by atoms with van der Waals surface area (Å²) in [7, 11) is 0. The lowest BCUT2D eigenvalue weighted by Gasteiger charge is -2.46. The van der Waals surface area contributed by atoms with Crippen molar-refractivity contribution in [3.8, 4) is 0 Å². The summed E-state index contributed by atoms with van der Waals surface area (Å²) in [5.41, 5.74) is 6.03. The summed E-state index contributed by atoms with van der Waals surface area (Å²) in [5.74, 6) is 1.24.